The Kier molecular flexibility index (Phi) is 1.78. The molecule has 0 spiro atoms. The van der Waals surface area contributed by atoms with Crippen molar-refractivity contribution in [3.63, 3.8) is 0 Å². The van der Waals surface area contributed by atoms with Crippen LogP contribution in [0.5, 0.6) is 0 Å². The SMILES string of the molecule is CC1C=CC=Cn2c1cc1ccccc12. The van der Waals surface area contributed by atoms with Crippen molar-refractivity contribution in [3.8, 4) is 0 Å². The van der Waals surface area contributed by atoms with Crippen LogP contribution in [0, 0.1) is 0 Å². The molecular weight excluding hydrogens is 182 g/mol. The molecule has 1 nitrogen and oxygen atoms in total. The van der Waals surface area contributed by atoms with Crippen LogP contribution < -0.4 is 0 Å². The third-order valence-electron chi connectivity index (χ3n) is 2.99. The lowest BCUT2D eigenvalue weighted by Gasteiger charge is -2.07. The first-order valence-electron chi connectivity index (χ1n) is 5.31. The lowest BCUT2D eigenvalue weighted by Crippen LogP contribution is -1.95. The van der Waals surface area contributed by atoms with E-state index in [9.17, 15) is 0 Å². The number of aromatic nitrogens is 1. The molecule has 0 saturated heterocycles. The van der Waals surface area contributed by atoms with E-state index in [4.69, 9.17) is 0 Å². The van der Waals surface area contributed by atoms with Gasteiger partial charge in [0.2, 0.25) is 0 Å². The van der Waals surface area contributed by atoms with E-state index < -0.39 is 0 Å². The number of fused-ring (bicyclic) bond motifs is 3. The van der Waals surface area contributed by atoms with Crippen LogP contribution in [0.4, 0.5) is 0 Å². The second-order valence-electron chi connectivity index (χ2n) is 4.01. The molecule has 74 valence electrons. The highest BCUT2D eigenvalue weighted by molar-refractivity contribution is 5.83. The van der Waals surface area contributed by atoms with Crippen LogP contribution in [-0.2, 0) is 0 Å². The molecule has 1 aromatic carbocycles. The molecule has 0 radical (unpaired) electrons. The molecule has 0 bridgehead atoms. The van der Waals surface area contributed by atoms with Crippen molar-refractivity contribution in [1.29, 1.82) is 0 Å². The number of para-hydroxylation sites is 1. The largest absolute Gasteiger partial charge is 0.320 e. The van der Waals surface area contributed by atoms with Crippen molar-refractivity contribution in [1.82, 2.24) is 4.57 Å². The highest BCUT2D eigenvalue weighted by atomic mass is 15.0. The average molecular weight is 195 g/mol. The molecule has 2 heterocycles. The zero-order valence-electron chi connectivity index (χ0n) is 8.72. The third-order valence-corrected chi connectivity index (χ3v) is 2.99. The fourth-order valence-electron chi connectivity index (χ4n) is 2.18. The molecule has 0 fully saturated rings. The molecule has 15 heavy (non-hydrogen) atoms. The maximum atomic E-state index is 2.28. The molecule has 0 N–H and O–H groups in total. The molecule has 1 aliphatic heterocycles. The molecule has 1 aliphatic rings. The smallest absolute Gasteiger partial charge is 0.0525 e. The molecule has 3 rings (SSSR count). The molecule has 0 saturated carbocycles. The van der Waals surface area contributed by atoms with Crippen LogP contribution in [0.3, 0.4) is 0 Å². The zero-order chi connectivity index (χ0) is 10.3. The van der Waals surface area contributed by atoms with Crippen molar-refractivity contribution in [2.45, 2.75) is 12.8 Å². The van der Waals surface area contributed by atoms with Crippen molar-refractivity contribution in [3.05, 3.63) is 54.3 Å². The summed E-state index contributed by atoms with van der Waals surface area (Å²) >= 11 is 0. The van der Waals surface area contributed by atoms with Crippen LogP contribution in [0.15, 0.2) is 48.6 Å². The quantitative estimate of drug-likeness (QED) is 0.602. The molecule has 1 unspecified atom stereocenters. The maximum Gasteiger partial charge on any atom is 0.0525 e. The van der Waals surface area contributed by atoms with Gasteiger partial charge in [-0.15, -0.1) is 0 Å². The van der Waals surface area contributed by atoms with Gasteiger partial charge in [-0.25, -0.2) is 0 Å². The Bertz CT molecular complexity index is 558. The van der Waals surface area contributed by atoms with Gasteiger partial charge >= 0.3 is 0 Å². The van der Waals surface area contributed by atoms with E-state index in [1.165, 1.54) is 16.6 Å². The highest BCUT2D eigenvalue weighted by Gasteiger charge is 2.11. The van der Waals surface area contributed by atoms with Gasteiger partial charge in [-0.3, -0.25) is 0 Å². The first kappa shape index (κ1) is 8.54. The summed E-state index contributed by atoms with van der Waals surface area (Å²) in [7, 11) is 0. The van der Waals surface area contributed by atoms with Gasteiger partial charge in [-0.2, -0.15) is 0 Å². The molecule has 0 amide bonds. The van der Waals surface area contributed by atoms with Crippen molar-refractivity contribution < 1.29 is 0 Å². The summed E-state index contributed by atoms with van der Waals surface area (Å²) in [5, 5.41) is 1.32. The van der Waals surface area contributed by atoms with Crippen LogP contribution in [0.1, 0.15) is 18.5 Å². The van der Waals surface area contributed by atoms with Gasteiger partial charge in [0.1, 0.15) is 0 Å². The Morgan fingerprint density at radius 3 is 2.93 bits per heavy atom. The molecule has 0 aliphatic carbocycles. The van der Waals surface area contributed by atoms with E-state index in [1.54, 1.807) is 0 Å². The van der Waals surface area contributed by atoms with E-state index in [1.807, 2.05) is 0 Å². The average Bonchev–Trinajstić information content (AvgIpc) is 2.54. The van der Waals surface area contributed by atoms with E-state index >= 15 is 0 Å². The van der Waals surface area contributed by atoms with Crippen LogP contribution >= 0.6 is 0 Å². The summed E-state index contributed by atoms with van der Waals surface area (Å²) in [6, 6.07) is 10.8. The van der Waals surface area contributed by atoms with Gasteiger partial charge in [0.25, 0.3) is 0 Å². The predicted octanol–water partition coefficient (Wildman–Crippen LogP) is 3.79. The number of nitrogens with zero attached hydrogens (tertiary/aromatic N) is 1. The second-order valence-corrected chi connectivity index (χ2v) is 4.01. The third kappa shape index (κ3) is 1.23. The van der Waals surface area contributed by atoms with Crippen molar-refractivity contribution in [2.24, 2.45) is 0 Å². The number of hydrogen-bond donors (Lipinski definition) is 0. The number of allylic oxidation sites excluding steroid dienone is 3. The van der Waals surface area contributed by atoms with Crippen molar-refractivity contribution in [2.75, 3.05) is 0 Å². The van der Waals surface area contributed by atoms with E-state index in [-0.39, 0.29) is 0 Å². The fourth-order valence-corrected chi connectivity index (χ4v) is 2.18. The topological polar surface area (TPSA) is 4.93 Å². The van der Waals surface area contributed by atoms with E-state index in [0.29, 0.717) is 5.92 Å². The van der Waals surface area contributed by atoms with E-state index in [2.05, 4.69) is 66.3 Å². The number of hydrogen-bond acceptors (Lipinski definition) is 0. The monoisotopic (exact) mass is 195 g/mol. The summed E-state index contributed by atoms with van der Waals surface area (Å²) in [6.07, 6.45) is 8.58. The van der Waals surface area contributed by atoms with Crippen LogP contribution in [0.2, 0.25) is 0 Å². The highest BCUT2D eigenvalue weighted by Crippen LogP contribution is 2.27. The van der Waals surface area contributed by atoms with Crippen molar-refractivity contribution >= 4 is 17.1 Å². The molecular formula is C14H13N. The van der Waals surface area contributed by atoms with Gasteiger partial charge in [-0.05, 0) is 18.2 Å². The van der Waals surface area contributed by atoms with Gasteiger partial charge in [0.15, 0.2) is 0 Å². The normalized spacial score (nSPS) is 19.1. The Morgan fingerprint density at radius 2 is 2.00 bits per heavy atom. The summed E-state index contributed by atoms with van der Waals surface area (Å²) < 4.78 is 2.28. The predicted molar refractivity (Wildman–Crippen MR) is 64.8 cm³/mol. The standard InChI is InChI=1S/C14H13N/c1-11-6-4-5-9-15-13-8-3-2-7-12(13)10-14(11)15/h2-11H,1H3. The Labute approximate surface area is 89.3 Å². The summed E-state index contributed by atoms with van der Waals surface area (Å²) in [4.78, 5) is 0. The summed E-state index contributed by atoms with van der Waals surface area (Å²) in [5.74, 6) is 0.479. The number of rotatable bonds is 0. The summed E-state index contributed by atoms with van der Waals surface area (Å²) in [6.45, 7) is 2.23. The zero-order valence-corrected chi connectivity index (χ0v) is 8.72. The number of benzene rings is 1. The Hall–Kier alpha value is -1.76. The minimum absolute atomic E-state index is 0.479. The minimum atomic E-state index is 0.479. The molecule has 1 atom stereocenters. The van der Waals surface area contributed by atoms with Crippen LogP contribution in [0.25, 0.3) is 17.1 Å². The first-order valence-corrected chi connectivity index (χ1v) is 5.31. The van der Waals surface area contributed by atoms with Gasteiger partial charge in [0.05, 0.1) is 5.52 Å². The van der Waals surface area contributed by atoms with Gasteiger partial charge in [-0.1, -0.05) is 37.3 Å². The lowest BCUT2D eigenvalue weighted by molar-refractivity contribution is 0.892. The van der Waals surface area contributed by atoms with Crippen LogP contribution in [-0.4, -0.2) is 4.57 Å². The minimum Gasteiger partial charge on any atom is -0.320 e. The fraction of sp³-hybridized carbons (Fsp3) is 0.143. The summed E-state index contributed by atoms with van der Waals surface area (Å²) in [5.41, 5.74) is 2.65. The molecule has 1 heteroatoms. The lowest BCUT2D eigenvalue weighted by atomic mass is 10.1. The molecule has 2 aromatic rings. The second kappa shape index (κ2) is 3.13. The van der Waals surface area contributed by atoms with E-state index in [0.717, 1.165) is 0 Å². The Balaban J connectivity index is 2.37. The van der Waals surface area contributed by atoms with Gasteiger partial charge < -0.3 is 4.57 Å². The first-order chi connectivity index (χ1) is 7.36. The van der Waals surface area contributed by atoms with Gasteiger partial charge in [0, 0.05) is 23.2 Å². The Morgan fingerprint density at radius 1 is 1.13 bits per heavy atom. The maximum absolute atomic E-state index is 2.28. The molecule has 1 aromatic heterocycles.